The number of sulfonamides is 1. The Morgan fingerprint density at radius 1 is 0.970 bits per heavy atom. The van der Waals surface area contributed by atoms with E-state index in [-0.39, 0.29) is 30.8 Å². The zero-order chi connectivity index (χ0) is 24.4. The van der Waals surface area contributed by atoms with Gasteiger partial charge in [-0.25, -0.2) is 8.42 Å². The van der Waals surface area contributed by atoms with E-state index in [9.17, 15) is 18.0 Å². The Balaban J connectivity index is 2.12. The van der Waals surface area contributed by atoms with Crippen molar-refractivity contribution in [2.75, 3.05) is 17.1 Å². The summed E-state index contributed by atoms with van der Waals surface area (Å²) in [6.07, 6.45) is 2.43. The summed E-state index contributed by atoms with van der Waals surface area (Å²) in [7, 11) is -3.49. The maximum atomic E-state index is 13.2. The minimum atomic E-state index is -3.49. The molecular weight excluding hydrogens is 438 g/mol. The molecule has 0 radical (unpaired) electrons. The van der Waals surface area contributed by atoms with Gasteiger partial charge in [0, 0.05) is 25.6 Å². The van der Waals surface area contributed by atoms with E-state index in [2.05, 4.69) is 5.32 Å². The number of hydrogen-bond donors (Lipinski definition) is 1. The van der Waals surface area contributed by atoms with Crippen LogP contribution in [0.2, 0.25) is 0 Å². The van der Waals surface area contributed by atoms with E-state index in [0.29, 0.717) is 18.7 Å². The van der Waals surface area contributed by atoms with Gasteiger partial charge >= 0.3 is 0 Å². The van der Waals surface area contributed by atoms with Crippen molar-refractivity contribution in [1.29, 1.82) is 0 Å². The molecule has 0 fully saturated rings. The molecule has 0 spiro atoms. The van der Waals surface area contributed by atoms with Crippen LogP contribution in [0.25, 0.3) is 0 Å². The fourth-order valence-electron chi connectivity index (χ4n) is 3.43. The highest BCUT2D eigenvalue weighted by atomic mass is 32.2. The number of anilines is 1. The lowest BCUT2D eigenvalue weighted by Crippen LogP contribution is -2.49. The fourth-order valence-corrected chi connectivity index (χ4v) is 4.39. The molecule has 0 saturated heterocycles. The van der Waals surface area contributed by atoms with E-state index in [1.54, 1.807) is 36.1 Å². The Labute approximate surface area is 197 Å². The third-order valence-electron chi connectivity index (χ3n) is 5.56. The molecule has 0 unspecified atom stereocenters. The van der Waals surface area contributed by atoms with E-state index in [1.807, 2.05) is 50.2 Å². The van der Waals surface area contributed by atoms with Gasteiger partial charge in [0.2, 0.25) is 21.8 Å². The van der Waals surface area contributed by atoms with Crippen molar-refractivity contribution in [2.45, 2.75) is 58.7 Å². The number of rotatable bonds is 12. The SMILES string of the molecule is CC[C@H](C)NC(=O)[C@@H](C)N(Cc1ccccc1)C(=O)CCCN(c1ccccc1)S(C)(=O)=O. The van der Waals surface area contributed by atoms with Gasteiger partial charge in [0.25, 0.3) is 0 Å². The third kappa shape index (κ3) is 8.20. The minimum absolute atomic E-state index is 0.0165. The molecule has 0 aromatic heterocycles. The van der Waals surface area contributed by atoms with Crippen LogP contribution in [-0.4, -0.2) is 50.0 Å². The number of carbonyl (C=O) groups excluding carboxylic acids is 2. The van der Waals surface area contributed by atoms with Crippen LogP contribution in [0.5, 0.6) is 0 Å². The highest BCUT2D eigenvalue weighted by molar-refractivity contribution is 7.92. The fraction of sp³-hybridized carbons (Fsp3) is 0.440. The monoisotopic (exact) mass is 473 g/mol. The Hall–Kier alpha value is -2.87. The normalized spacial score (nSPS) is 13.1. The first-order chi connectivity index (χ1) is 15.6. The highest BCUT2D eigenvalue weighted by Gasteiger charge is 2.27. The second kappa shape index (κ2) is 12.4. The summed E-state index contributed by atoms with van der Waals surface area (Å²) in [6, 6.07) is 17.7. The molecule has 2 atom stereocenters. The molecule has 0 aliphatic rings. The van der Waals surface area contributed by atoms with Gasteiger partial charge in [-0.2, -0.15) is 0 Å². The summed E-state index contributed by atoms with van der Waals surface area (Å²) < 4.78 is 25.9. The van der Waals surface area contributed by atoms with Crippen LogP contribution in [0.3, 0.4) is 0 Å². The van der Waals surface area contributed by atoms with Crippen molar-refractivity contribution in [3.8, 4) is 0 Å². The standard InChI is InChI=1S/C25H35N3O4S/c1-5-20(2)26-25(30)21(3)27(19-22-13-8-6-9-14-22)24(29)17-12-18-28(33(4,31)32)23-15-10-7-11-16-23/h6-11,13-16,20-21H,5,12,17-19H2,1-4H3,(H,26,30)/t20-,21+/m0/s1. The van der Waals surface area contributed by atoms with Crippen LogP contribution < -0.4 is 9.62 Å². The van der Waals surface area contributed by atoms with E-state index < -0.39 is 16.1 Å². The van der Waals surface area contributed by atoms with Crippen molar-refractivity contribution >= 4 is 27.5 Å². The molecule has 180 valence electrons. The van der Waals surface area contributed by atoms with Crippen molar-refractivity contribution in [3.05, 3.63) is 66.2 Å². The lowest BCUT2D eigenvalue weighted by atomic mass is 10.1. The van der Waals surface area contributed by atoms with E-state index in [4.69, 9.17) is 0 Å². The van der Waals surface area contributed by atoms with Crippen molar-refractivity contribution in [2.24, 2.45) is 0 Å². The van der Waals surface area contributed by atoms with Crippen LogP contribution in [0.4, 0.5) is 5.69 Å². The molecule has 7 nitrogen and oxygen atoms in total. The molecule has 0 heterocycles. The number of amides is 2. The zero-order valence-electron chi connectivity index (χ0n) is 19.9. The van der Waals surface area contributed by atoms with Crippen LogP contribution in [0.15, 0.2) is 60.7 Å². The summed E-state index contributed by atoms with van der Waals surface area (Å²) in [5, 5.41) is 2.95. The largest absolute Gasteiger partial charge is 0.352 e. The summed E-state index contributed by atoms with van der Waals surface area (Å²) in [6.45, 7) is 6.13. The molecule has 8 heteroatoms. The number of para-hydroxylation sites is 1. The average molecular weight is 474 g/mol. The first kappa shape index (κ1) is 26.4. The molecule has 2 rings (SSSR count). The predicted molar refractivity (Wildman–Crippen MR) is 132 cm³/mol. The van der Waals surface area contributed by atoms with Crippen LogP contribution in [0, 0.1) is 0 Å². The quantitative estimate of drug-likeness (QED) is 0.511. The molecule has 2 aromatic carbocycles. The van der Waals surface area contributed by atoms with E-state index >= 15 is 0 Å². The number of benzene rings is 2. The Morgan fingerprint density at radius 2 is 1.55 bits per heavy atom. The summed E-state index contributed by atoms with van der Waals surface area (Å²) in [5.74, 6) is -0.386. The number of carbonyl (C=O) groups is 2. The van der Waals surface area contributed by atoms with Gasteiger partial charge < -0.3 is 10.2 Å². The molecule has 0 aliphatic heterocycles. The van der Waals surface area contributed by atoms with Gasteiger partial charge in [-0.05, 0) is 44.4 Å². The average Bonchev–Trinajstić information content (AvgIpc) is 2.80. The van der Waals surface area contributed by atoms with Gasteiger partial charge in [0.15, 0.2) is 0 Å². The maximum absolute atomic E-state index is 13.2. The summed E-state index contributed by atoms with van der Waals surface area (Å²) >= 11 is 0. The van der Waals surface area contributed by atoms with Crippen LogP contribution >= 0.6 is 0 Å². The predicted octanol–water partition coefficient (Wildman–Crippen LogP) is 3.56. The zero-order valence-corrected chi connectivity index (χ0v) is 20.7. The summed E-state index contributed by atoms with van der Waals surface area (Å²) in [5.41, 5.74) is 1.49. The molecule has 2 aromatic rings. The van der Waals surface area contributed by atoms with E-state index in [1.165, 1.54) is 4.31 Å². The number of nitrogens with zero attached hydrogens (tertiary/aromatic N) is 2. The second-order valence-corrected chi connectivity index (χ2v) is 10.2. The summed E-state index contributed by atoms with van der Waals surface area (Å²) in [4.78, 5) is 27.5. The van der Waals surface area contributed by atoms with Crippen molar-refractivity contribution in [3.63, 3.8) is 0 Å². The van der Waals surface area contributed by atoms with Crippen molar-refractivity contribution in [1.82, 2.24) is 10.2 Å². The van der Waals surface area contributed by atoms with Gasteiger partial charge in [0.05, 0.1) is 11.9 Å². The smallest absolute Gasteiger partial charge is 0.242 e. The van der Waals surface area contributed by atoms with E-state index in [0.717, 1.165) is 18.2 Å². The topological polar surface area (TPSA) is 86.8 Å². The second-order valence-electron chi connectivity index (χ2n) is 8.28. The molecular formula is C25H35N3O4S. The Bertz CT molecular complexity index is 997. The Kier molecular flexibility index (Phi) is 9.91. The molecule has 33 heavy (non-hydrogen) atoms. The first-order valence-corrected chi connectivity index (χ1v) is 13.1. The minimum Gasteiger partial charge on any atom is -0.352 e. The first-order valence-electron chi connectivity index (χ1n) is 11.3. The van der Waals surface area contributed by atoms with Gasteiger partial charge in [0.1, 0.15) is 6.04 Å². The van der Waals surface area contributed by atoms with Crippen LogP contribution in [0.1, 0.15) is 45.6 Å². The van der Waals surface area contributed by atoms with Gasteiger partial charge in [-0.3, -0.25) is 13.9 Å². The lowest BCUT2D eigenvalue weighted by Gasteiger charge is -2.30. The molecule has 0 saturated carbocycles. The van der Waals surface area contributed by atoms with Gasteiger partial charge in [-0.15, -0.1) is 0 Å². The third-order valence-corrected chi connectivity index (χ3v) is 6.75. The Morgan fingerprint density at radius 3 is 2.09 bits per heavy atom. The van der Waals surface area contributed by atoms with Crippen LogP contribution in [-0.2, 0) is 26.2 Å². The number of nitrogens with one attached hydrogen (secondary N) is 1. The van der Waals surface area contributed by atoms with Crippen molar-refractivity contribution < 1.29 is 18.0 Å². The highest BCUT2D eigenvalue weighted by Crippen LogP contribution is 2.18. The maximum Gasteiger partial charge on any atom is 0.242 e. The molecule has 0 bridgehead atoms. The molecule has 1 N–H and O–H groups in total. The van der Waals surface area contributed by atoms with Gasteiger partial charge in [-0.1, -0.05) is 55.5 Å². The number of hydrogen-bond acceptors (Lipinski definition) is 4. The molecule has 0 aliphatic carbocycles. The molecule has 2 amide bonds. The lowest BCUT2D eigenvalue weighted by molar-refractivity contribution is -0.140.